The molecule has 0 radical (unpaired) electrons. The molecule has 0 spiro atoms. The first-order valence-electron chi connectivity index (χ1n) is 4.98. The lowest BCUT2D eigenvalue weighted by molar-refractivity contribution is 0.272. The molecule has 4 heteroatoms. The molecule has 0 aromatic heterocycles. The van der Waals surface area contributed by atoms with Crippen LogP contribution >= 0.6 is 12.2 Å². The van der Waals surface area contributed by atoms with Crippen molar-refractivity contribution < 1.29 is 4.74 Å². The Morgan fingerprint density at radius 2 is 2.25 bits per heavy atom. The van der Waals surface area contributed by atoms with E-state index >= 15 is 0 Å². The molecule has 0 aliphatic carbocycles. The van der Waals surface area contributed by atoms with E-state index in [0.717, 1.165) is 0 Å². The van der Waals surface area contributed by atoms with E-state index in [0.29, 0.717) is 34.5 Å². The zero-order chi connectivity index (χ0) is 12.1. The highest BCUT2D eigenvalue weighted by molar-refractivity contribution is 7.80. The molecule has 0 heterocycles. The molecule has 1 rings (SSSR count). The van der Waals surface area contributed by atoms with Gasteiger partial charge in [-0.15, -0.1) is 0 Å². The fraction of sp³-hybridized carbons (Fsp3) is 0.333. The van der Waals surface area contributed by atoms with Gasteiger partial charge in [-0.25, -0.2) is 4.85 Å². The van der Waals surface area contributed by atoms with Gasteiger partial charge >= 0.3 is 0 Å². The summed E-state index contributed by atoms with van der Waals surface area (Å²) in [6.45, 7) is 11.8. The van der Waals surface area contributed by atoms with Gasteiger partial charge in [0.15, 0.2) is 0 Å². The highest BCUT2D eigenvalue weighted by Gasteiger charge is 2.07. The number of rotatable bonds is 4. The van der Waals surface area contributed by atoms with Crippen LogP contribution in [-0.2, 0) is 0 Å². The number of thiocarbonyl (C=S) groups is 1. The van der Waals surface area contributed by atoms with E-state index in [-0.39, 0.29) is 0 Å². The molecule has 2 N–H and O–H groups in total. The summed E-state index contributed by atoms with van der Waals surface area (Å²) >= 11 is 4.85. The van der Waals surface area contributed by atoms with Crippen LogP contribution in [0, 0.1) is 12.5 Å². The predicted molar refractivity (Wildman–Crippen MR) is 68.9 cm³/mol. The zero-order valence-electron chi connectivity index (χ0n) is 9.36. The molecule has 0 unspecified atom stereocenters. The van der Waals surface area contributed by atoms with Gasteiger partial charge in [-0.3, -0.25) is 0 Å². The molecule has 0 atom stereocenters. The lowest BCUT2D eigenvalue weighted by atomic mass is 10.2. The molecule has 0 aliphatic rings. The Kier molecular flexibility index (Phi) is 4.27. The van der Waals surface area contributed by atoms with Crippen molar-refractivity contribution in [2.24, 2.45) is 11.7 Å². The van der Waals surface area contributed by atoms with Crippen molar-refractivity contribution in [1.29, 1.82) is 0 Å². The van der Waals surface area contributed by atoms with E-state index in [1.807, 2.05) is 0 Å². The van der Waals surface area contributed by atoms with Crippen LogP contribution in [0.5, 0.6) is 5.75 Å². The van der Waals surface area contributed by atoms with Crippen LogP contribution in [-0.4, -0.2) is 11.6 Å². The number of ether oxygens (including phenoxy) is 1. The minimum absolute atomic E-state index is 0.292. The molecule has 0 aliphatic heterocycles. The topological polar surface area (TPSA) is 39.6 Å². The van der Waals surface area contributed by atoms with Crippen molar-refractivity contribution in [2.45, 2.75) is 13.8 Å². The first-order chi connectivity index (χ1) is 7.54. The standard InChI is InChI=1S/C12H14N2OS/c1-8(2)7-15-11-5-4-9(12(13)16)6-10(11)14-3/h4-6,8H,7H2,1-2H3,(H2,13,16). The van der Waals surface area contributed by atoms with Crippen molar-refractivity contribution in [3.05, 3.63) is 35.2 Å². The Labute approximate surface area is 101 Å². The second kappa shape index (κ2) is 5.47. The van der Waals surface area contributed by atoms with Crippen molar-refractivity contribution in [3.63, 3.8) is 0 Å². The van der Waals surface area contributed by atoms with Crippen molar-refractivity contribution in [1.82, 2.24) is 0 Å². The molecule has 1 aromatic carbocycles. The van der Waals surface area contributed by atoms with Gasteiger partial charge in [0, 0.05) is 0 Å². The number of hydrogen-bond acceptors (Lipinski definition) is 2. The Morgan fingerprint density at radius 3 is 2.75 bits per heavy atom. The zero-order valence-corrected chi connectivity index (χ0v) is 10.2. The normalized spacial score (nSPS) is 9.88. The molecular formula is C12H14N2OS. The van der Waals surface area contributed by atoms with Gasteiger partial charge in [-0.1, -0.05) is 32.1 Å². The summed E-state index contributed by atoms with van der Waals surface area (Å²) in [6, 6.07) is 5.17. The maximum atomic E-state index is 7.07. The quantitative estimate of drug-likeness (QED) is 0.643. The maximum absolute atomic E-state index is 7.07. The lowest BCUT2D eigenvalue weighted by Gasteiger charge is -2.11. The van der Waals surface area contributed by atoms with E-state index < -0.39 is 0 Å². The molecule has 1 aromatic rings. The highest BCUT2D eigenvalue weighted by Crippen LogP contribution is 2.29. The summed E-state index contributed by atoms with van der Waals surface area (Å²) < 4.78 is 5.53. The minimum atomic E-state index is 0.292. The number of nitrogens with zero attached hydrogens (tertiary/aromatic N) is 1. The Balaban J connectivity index is 2.94. The SMILES string of the molecule is [C-]#[N+]c1cc(C(N)=S)ccc1OCC(C)C. The van der Waals surface area contributed by atoms with Crippen molar-refractivity contribution in [3.8, 4) is 5.75 Å². The first kappa shape index (κ1) is 12.5. The Bertz CT molecular complexity index is 435. The van der Waals surface area contributed by atoms with Gasteiger partial charge in [-0.2, -0.15) is 0 Å². The number of hydrogen-bond donors (Lipinski definition) is 1. The van der Waals surface area contributed by atoms with Crippen LogP contribution in [0.4, 0.5) is 5.69 Å². The van der Waals surface area contributed by atoms with E-state index in [1.165, 1.54) is 0 Å². The summed E-state index contributed by atoms with van der Waals surface area (Å²) in [6.07, 6.45) is 0. The summed E-state index contributed by atoms with van der Waals surface area (Å²) in [7, 11) is 0. The summed E-state index contributed by atoms with van der Waals surface area (Å²) in [5, 5.41) is 0. The highest BCUT2D eigenvalue weighted by atomic mass is 32.1. The van der Waals surface area contributed by atoms with Crippen LogP contribution in [0.15, 0.2) is 18.2 Å². The van der Waals surface area contributed by atoms with Crippen LogP contribution in [0.1, 0.15) is 19.4 Å². The molecule has 0 bridgehead atoms. The van der Waals surface area contributed by atoms with E-state index in [1.54, 1.807) is 18.2 Å². The molecule has 0 saturated carbocycles. The van der Waals surface area contributed by atoms with E-state index in [9.17, 15) is 0 Å². The van der Waals surface area contributed by atoms with Gasteiger partial charge in [0.2, 0.25) is 5.69 Å². The summed E-state index contributed by atoms with van der Waals surface area (Å²) in [4.78, 5) is 3.69. The molecule has 0 amide bonds. The maximum Gasteiger partial charge on any atom is 0.228 e. The fourth-order valence-corrected chi connectivity index (χ4v) is 1.26. The van der Waals surface area contributed by atoms with Crippen LogP contribution < -0.4 is 10.5 Å². The summed E-state index contributed by atoms with van der Waals surface area (Å²) in [5.41, 5.74) is 6.64. The van der Waals surface area contributed by atoms with Crippen molar-refractivity contribution >= 4 is 22.9 Å². The molecular weight excluding hydrogens is 220 g/mol. The van der Waals surface area contributed by atoms with Gasteiger partial charge in [0.05, 0.1) is 13.2 Å². The van der Waals surface area contributed by atoms with Crippen molar-refractivity contribution in [2.75, 3.05) is 6.61 Å². The van der Waals surface area contributed by atoms with Gasteiger partial charge in [0.1, 0.15) is 10.7 Å². The third-order valence-electron chi connectivity index (χ3n) is 1.94. The third kappa shape index (κ3) is 3.21. The van der Waals surface area contributed by atoms with Crippen LogP contribution in [0.2, 0.25) is 0 Å². The van der Waals surface area contributed by atoms with Crippen LogP contribution in [0.25, 0.3) is 4.85 Å². The largest absolute Gasteiger partial charge is 0.504 e. The van der Waals surface area contributed by atoms with E-state index in [2.05, 4.69) is 18.7 Å². The Hall–Kier alpha value is -1.60. The smallest absolute Gasteiger partial charge is 0.228 e. The lowest BCUT2D eigenvalue weighted by Crippen LogP contribution is -2.09. The molecule has 84 valence electrons. The van der Waals surface area contributed by atoms with Crippen LogP contribution in [0.3, 0.4) is 0 Å². The molecule has 3 nitrogen and oxygen atoms in total. The number of benzene rings is 1. The van der Waals surface area contributed by atoms with E-state index in [4.69, 9.17) is 29.3 Å². The summed E-state index contributed by atoms with van der Waals surface area (Å²) in [5.74, 6) is 1.01. The van der Waals surface area contributed by atoms with Gasteiger partial charge in [0.25, 0.3) is 0 Å². The second-order valence-corrected chi connectivity index (χ2v) is 4.30. The first-order valence-corrected chi connectivity index (χ1v) is 5.39. The van der Waals surface area contributed by atoms with Gasteiger partial charge in [-0.05, 0) is 23.6 Å². The molecule has 0 fully saturated rings. The monoisotopic (exact) mass is 234 g/mol. The predicted octanol–water partition coefficient (Wildman–Crippen LogP) is 2.91. The average molecular weight is 234 g/mol. The minimum Gasteiger partial charge on any atom is -0.504 e. The fourth-order valence-electron chi connectivity index (χ4n) is 1.14. The molecule has 0 saturated heterocycles. The second-order valence-electron chi connectivity index (χ2n) is 3.86. The van der Waals surface area contributed by atoms with Gasteiger partial charge < -0.3 is 10.5 Å². The number of nitrogens with two attached hydrogens (primary N) is 1. The molecule has 16 heavy (non-hydrogen) atoms. The Morgan fingerprint density at radius 1 is 1.56 bits per heavy atom. The third-order valence-corrected chi connectivity index (χ3v) is 2.17. The average Bonchev–Trinajstić information content (AvgIpc) is 2.25.